The van der Waals surface area contributed by atoms with E-state index >= 15 is 0 Å². The summed E-state index contributed by atoms with van der Waals surface area (Å²) in [4.78, 5) is 15.3. The predicted octanol–water partition coefficient (Wildman–Crippen LogP) is 3.96. The molecule has 1 aliphatic carbocycles. The second-order valence-electron chi connectivity index (χ2n) is 4.68. The summed E-state index contributed by atoms with van der Waals surface area (Å²) < 4.78 is 0. The van der Waals surface area contributed by atoms with Gasteiger partial charge >= 0.3 is 0 Å². The quantitative estimate of drug-likeness (QED) is 0.765. The van der Waals surface area contributed by atoms with Gasteiger partial charge in [-0.3, -0.25) is 4.79 Å². The lowest BCUT2D eigenvalue weighted by Gasteiger charge is -2.34. The van der Waals surface area contributed by atoms with Crippen molar-refractivity contribution in [1.82, 2.24) is 4.90 Å². The van der Waals surface area contributed by atoms with Crippen molar-refractivity contribution < 1.29 is 4.79 Å². The smallest absolute Gasteiger partial charge is 0.265 e. The summed E-state index contributed by atoms with van der Waals surface area (Å²) in [7, 11) is 1.86. The topological polar surface area (TPSA) is 20.3 Å². The Kier molecular flexibility index (Phi) is 4.16. The Labute approximate surface area is 119 Å². The van der Waals surface area contributed by atoms with Crippen LogP contribution in [0.3, 0.4) is 0 Å². The van der Waals surface area contributed by atoms with Crippen LogP contribution in [-0.2, 0) is 0 Å². The van der Waals surface area contributed by atoms with Crippen LogP contribution in [-0.4, -0.2) is 29.2 Å². The molecule has 94 valence electrons. The van der Waals surface area contributed by atoms with E-state index in [0.29, 0.717) is 20.6 Å². The third-order valence-corrected chi connectivity index (χ3v) is 5.58. The van der Waals surface area contributed by atoms with E-state index in [2.05, 4.69) is 15.9 Å². The van der Waals surface area contributed by atoms with Gasteiger partial charge in [0.15, 0.2) is 0 Å². The Morgan fingerprint density at radius 3 is 2.76 bits per heavy atom. The van der Waals surface area contributed by atoms with Crippen LogP contribution in [0.2, 0.25) is 5.02 Å². The van der Waals surface area contributed by atoms with Crippen molar-refractivity contribution in [3.05, 3.63) is 20.8 Å². The highest BCUT2D eigenvalue weighted by molar-refractivity contribution is 9.09. The minimum Gasteiger partial charge on any atom is -0.341 e. The molecule has 1 saturated carbocycles. The second kappa shape index (κ2) is 5.29. The number of carbonyl (C=O) groups excluding carboxylic acids is 1. The maximum atomic E-state index is 12.2. The zero-order valence-electron chi connectivity index (χ0n) is 9.87. The van der Waals surface area contributed by atoms with Gasteiger partial charge in [-0.25, -0.2) is 0 Å². The molecular formula is C12H15BrClNOS. The molecule has 0 aliphatic heterocycles. The molecule has 0 bridgehead atoms. The standard InChI is InChI=1S/C12H15BrClNOS/c1-7-6-17-11(10(7)14)12(16)15(2)5-8-3-9(13)4-8/h6,8-9H,3-5H2,1-2H3. The van der Waals surface area contributed by atoms with E-state index in [1.165, 1.54) is 11.3 Å². The normalized spacial score (nSPS) is 23.3. The van der Waals surface area contributed by atoms with E-state index in [9.17, 15) is 4.79 Å². The molecule has 1 aliphatic rings. The van der Waals surface area contributed by atoms with Crippen LogP contribution in [0.15, 0.2) is 5.38 Å². The predicted molar refractivity (Wildman–Crippen MR) is 76.5 cm³/mol. The zero-order chi connectivity index (χ0) is 12.6. The van der Waals surface area contributed by atoms with Crippen molar-refractivity contribution in [1.29, 1.82) is 0 Å². The third kappa shape index (κ3) is 2.85. The van der Waals surface area contributed by atoms with Crippen molar-refractivity contribution in [3.8, 4) is 0 Å². The first-order valence-electron chi connectivity index (χ1n) is 5.62. The maximum absolute atomic E-state index is 12.2. The SMILES string of the molecule is Cc1csc(C(=O)N(C)CC2CC(Br)C2)c1Cl. The highest BCUT2D eigenvalue weighted by Crippen LogP contribution is 2.34. The number of nitrogens with zero attached hydrogens (tertiary/aromatic N) is 1. The van der Waals surface area contributed by atoms with E-state index in [1.54, 1.807) is 4.90 Å². The van der Waals surface area contributed by atoms with Crippen molar-refractivity contribution in [2.45, 2.75) is 24.6 Å². The number of carbonyl (C=O) groups is 1. The first-order valence-corrected chi connectivity index (χ1v) is 7.79. The van der Waals surface area contributed by atoms with E-state index < -0.39 is 0 Å². The molecule has 1 aromatic heterocycles. The van der Waals surface area contributed by atoms with Crippen LogP contribution < -0.4 is 0 Å². The summed E-state index contributed by atoms with van der Waals surface area (Å²) in [6, 6.07) is 0. The molecule has 1 aromatic rings. The number of alkyl halides is 1. The van der Waals surface area contributed by atoms with Crippen molar-refractivity contribution in [3.63, 3.8) is 0 Å². The molecule has 0 unspecified atom stereocenters. The number of aryl methyl sites for hydroxylation is 1. The average Bonchev–Trinajstić information content (AvgIpc) is 2.56. The summed E-state index contributed by atoms with van der Waals surface area (Å²) in [6.45, 7) is 2.76. The molecule has 5 heteroatoms. The Morgan fingerprint density at radius 1 is 1.65 bits per heavy atom. The highest BCUT2D eigenvalue weighted by atomic mass is 79.9. The fourth-order valence-corrected chi connectivity index (χ4v) is 4.35. The summed E-state index contributed by atoms with van der Waals surface area (Å²) in [6.07, 6.45) is 2.32. The lowest BCUT2D eigenvalue weighted by atomic mass is 9.85. The molecule has 17 heavy (non-hydrogen) atoms. The average molecular weight is 337 g/mol. The molecule has 0 N–H and O–H groups in total. The molecule has 0 saturated heterocycles. The Hall–Kier alpha value is -0.0600. The minimum absolute atomic E-state index is 0.0473. The summed E-state index contributed by atoms with van der Waals surface area (Å²) >= 11 is 11.1. The molecule has 1 fully saturated rings. The number of hydrogen-bond donors (Lipinski definition) is 0. The first-order chi connectivity index (χ1) is 7.99. The number of rotatable bonds is 3. The van der Waals surface area contributed by atoms with Gasteiger partial charge in [0.2, 0.25) is 0 Å². The zero-order valence-corrected chi connectivity index (χ0v) is 13.0. The number of halogens is 2. The van der Waals surface area contributed by atoms with E-state index in [0.717, 1.165) is 24.9 Å². The van der Waals surface area contributed by atoms with Gasteiger partial charge in [-0.1, -0.05) is 27.5 Å². The second-order valence-corrected chi connectivity index (χ2v) is 7.23. The molecule has 2 rings (SSSR count). The summed E-state index contributed by atoms with van der Waals surface area (Å²) in [5, 5.41) is 2.54. The molecule has 1 heterocycles. The van der Waals surface area contributed by atoms with Crippen LogP contribution >= 0.6 is 38.9 Å². The largest absolute Gasteiger partial charge is 0.341 e. The molecular weight excluding hydrogens is 322 g/mol. The van der Waals surface area contributed by atoms with Crippen LogP contribution in [0.5, 0.6) is 0 Å². The van der Waals surface area contributed by atoms with Crippen molar-refractivity contribution >= 4 is 44.8 Å². The fraction of sp³-hybridized carbons (Fsp3) is 0.583. The van der Waals surface area contributed by atoms with E-state index in [1.807, 2.05) is 19.4 Å². The Balaban J connectivity index is 1.97. The van der Waals surface area contributed by atoms with Gasteiger partial charge in [0.05, 0.1) is 5.02 Å². The molecule has 0 spiro atoms. The van der Waals surface area contributed by atoms with Gasteiger partial charge in [-0.2, -0.15) is 0 Å². The lowest BCUT2D eigenvalue weighted by Crippen LogP contribution is -2.37. The van der Waals surface area contributed by atoms with Crippen LogP contribution in [0, 0.1) is 12.8 Å². The number of amides is 1. The molecule has 0 aromatic carbocycles. The van der Waals surface area contributed by atoms with E-state index in [-0.39, 0.29) is 5.91 Å². The fourth-order valence-electron chi connectivity index (χ4n) is 2.02. The van der Waals surface area contributed by atoms with Gasteiger partial charge in [0.1, 0.15) is 4.88 Å². The highest BCUT2D eigenvalue weighted by Gasteiger charge is 2.29. The first kappa shape index (κ1) is 13.4. The maximum Gasteiger partial charge on any atom is 0.265 e. The van der Waals surface area contributed by atoms with Crippen molar-refractivity contribution in [2.24, 2.45) is 5.92 Å². The Morgan fingerprint density at radius 2 is 2.29 bits per heavy atom. The van der Waals surface area contributed by atoms with Crippen LogP contribution in [0.25, 0.3) is 0 Å². The number of thiophene rings is 1. The number of hydrogen-bond acceptors (Lipinski definition) is 2. The monoisotopic (exact) mass is 335 g/mol. The van der Waals surface area contributed by atoms with Crippen LogP contribution in [0.4, 0.5) is 0 Å². The lowest BCUT2D eigenvalue weighted by molar-refractivity contribution is 0.0753. The van der Waals surface area contributed by atoms with Gasteiger partial charge < -0.3 is 4.90 Å². The summed E-state index contributed by atoms with van der Waals surface area (Å²) in [5.41, 5.74) is 0.984. The molecule has 0 atom stereocenters. The summed E-state index contributed by atoms with van der Waals surface area (Å²) in [5.74, 6) is 0.680. The van der Waals surface area contributed by atoms with E-state index in [4.69, 9.17) is 11.6 Å². The van der Waals surface area contributed by atoms with Gasteiger partial charge in [-0.15, -0.1) is 11.3 Å². The molecule has 0 radical (unpaired) electrons. The van der Waals surface area contributed by atoms with Gasteiger partial charge in [-0.05, 0) is 36.6 Å². The van der Waals surface area contributed by atoms with Gasteiger partial charge in [0.25, 0.3) is 5.91 Å². The molecule has 1 amide bonds. The van der Waals surface area contributed by atoms with Crippen LogP contribution in [0.1, 0.15) is 28.1 Å². The van der Waals surface area contributed by atoms with Crippen molar-refractivity contribution in [2.75, 3.05) is 13.6 Å². The third-order valence-electron chi connectivity index (χ3n) is 3.15. The minimum atomic E-state index is 0.0473. The van der Waals surface area contributed by atoms with Gasteiger partial charge in [0, 0.05) is 18.4 Å². The molecule has 2 nitrogen and oxygen atoms in total. The Bertz CT molecular complexity index is 428.